The number of nitrogens with one attached hydrogen (secondary N) is 1. The van der Waals surface area contributed by atoms with Crippen LogP contribution < -0.4 is 9.62 Å². The summed E-state index contributed by atoms with van der Waals surface area (Å²) in [6.07, 6.45) is 0.780. The van der Waals surface area contributed by atoms with E-state index in [9.17, 15) is 8.42 Å². The Balaban J connectivity index is 1.37. The molecule has 0 radical (unpaired) electrons. The van der Waals surface area contributed by atoms with Crippen molar-refractivity contribution in [1.29, 1.82) is 0 Å². The van der Waals surface area contributed by atoms with Gasteiger partial charge in [0, 0.05) is 48.5 Å². The predicted molar refractivity (Wildman–Crippen MR) is 117 cm³/mol. The highest BCUT2D eigenvalue weighted by molar-refractivity contribution is 7.88. The fourth-order valence-corrected chi connectivity index (χ4v) is 4.91. The molecule has 0 bridgehead atoms. The topological polar surface area (TPSA) is 52.7 Å². The van der Waals surface area contributed by atoms with Crippen molar-refractivity contribution >= 4 is 38.9 Å². The second-order valence-electron chi connectivity index (χ2n) is 6.90. The van der Waals surface area contributed by atoms with Crippen molar-refractivity contribution in [3.05, 3.63) is 64.1 Å². The molecule has 0 saturated carbocycles. The zero-order valence-corrected chi connectivity index (χ0v) is 18.0. The Labute approximate surface area is 177 Å². The summed E-state index contributed by atoms with van der Waals surface area (Å²) >= 11 is 12.0. The van der Waals surface area contributed by atoms with E-state index in [-0.39, 0.29) is 5.75 Å². The molecule has 1 aliphatic rings. The minimum absolute atomic E-state index is 0.0908. The summed E-state index contributed by atoms with van der Waals surface area (Å²) in [6.45, 7) is 5.16. The molecule has 8 heteroatoms. The summed E-state index contributed by atoms with van der Waals surface area (Å²) in [7, 11) is -3.38. The number of sulfonamides is 1. The van der Waals surface area contributed by atoms with E-state index in [1.807, 2.05) is 24.3 Å². The van der Waals surface area contributed by atoms with Gasteiger partial charge >= 0.3 is 0 Å². The summed E-state index contributed by atoms with van der Waals surface area (Å²) in [5.74, 6) is -0.0908. The van der Waals surface area contributed by atoms with Crippen LogP contribution in [0.15, 0.2) is 48.5 Å². The van der Waals surface area contributed by atoms with Gasteiger partial charge in [-0.25, -0.2) is 13.1 Å². The van der Waals surface area contributed by atoms with Gasteiger partial charge in [-0.3, -0.25) is 4.90 Å². The van der Waals surface area contributed by atoms with Crippen LogP contribution >= 0.6 is 23.2 Å². The van der Waals surface area contributed by atoms with Crippen molar-refractivity contribution < 1.29 is 8.42 Å². The van der Waals surface area contributed by atoms with E-state index in [2.05, 4.69) is 14.5 Å². The maximum Gasteiger partial charge on any atom is 0.215 e. The van der Waals surface area contributed by atoms with Gasteiger partial charge in [0.25, 0.3) is 0 Å². The third-order valence-electron chi connectivity index (χ3n) is 4.84. The highest BCUT2D eigenvalue weighted by Gasteiger charge is 2.17. The lowest BCUT2D eigenvalue weighted by molar-refractivity contribution is 0.255. The Bertz CT molecular complexity index is 867. The molecule has 0 unspecified atom stereocenters. The molecule has 152 valence electrons. The first kappa shape index (κ1) is 21.4. The van der Waals surface area contributed by atoms with Gasteiger partial charge in [-0.2, -0.15) is 0 Å². The molecule has 1 aliphatic heterocycles. The molecule has 3 rings (SSSR count). The van der Waals surface area contributed by atoms with Gasteiger partial charge in [0.15, 0.2) is 0 Å². The molecule has 1 heterocycles. The third kappa shape index (κ3) is 6.36. The lowest BCUT2D eigenvalue weighted by atomic mass is 10.2. The molecular formula is C20H25Cl2N3O2S. The van der Waals surface area contributed by atoms with Crippen LogP contribution in [0, 0.1) is 0 Å². The Morgan fingerprint density at radius 2 is 1.61 bits per heavy atom. The smallest absolute Gasteiger partial charge is 0.215 e. The first-order valence-electron chi connectivity index (χ1n) is 9.36. The molecule has 0 spiro atoms. The van der Waals surface area contributed by atoms with Crippen molar-refractivity contribution in [1.82, 2.24) is 9.62 Å². The minimum atomic E-state index is -3.38. The van der Waals surface area contributed by atoms with E-state index in [0.717, 1.165) is 44.2 Å². The Kier molecular flexibility index (Phi) is 7.60. The number of benzene rings is 2. The van der Waals surface area contributed by atoms with E-state index >= 15 is 0 Å². The standard InChI is InChI=1S/C20H25Cl2N3O2S/c21-18-6-8-19(9-7-18)25-14-12-24(13-15-25)11-3-10-23-28(26,27)16-17-4-1-2-5-20(17)22/h1-2,4-9,23H,3,10-16H2. The highest BCUT2D eigenvalue weighted by atomic mass is 35.5. The highest BCUT2D eigenvalue weighted by Crippen LogP contribution is 2.20. The van der Waals surface area contributed by atoms with Gasteiger partial charge in [-0.15, -0.1) is 0 Å². The van der Waals surface area contributed by atoms with Crippen molar-refractivity contribution in [2.45, 2.75) is 12.2 Å². The Morgan fingerprint density at radius 1 is 0.929 bits per heavy atom. The second kappa shape index (κ2) is 9.94. The number of hydrogen-bond donors (Lipinski definition) is 1. The van der Waals surface area contributed by atoms with Gasteiger partial charge in [-0.1, -0.05) is 41.4 Å². The monoisotopic (exact) mass is 441 g/mol. The summed E-state index contributed by atoms with van der Waals surface area (Å²) in [5, 5.41) is 1.23. The quantitative estimate of drug-likeness (QED) is 0.635. The molecule has 0 atom stereocenters. The molecule has 1 N–H and O–H groups in total. The number of rotatable bonds is 8. The van der Waals surface area contributed by atoms with E-state index in [0.29, 0.717) is 17.1 Å². The average Bonchev–Trinajstić information content (AvgIpc) is 2.68. The van der Waals surface area contributed by atoms with Gasteiger partial charge in [0.05, 0.1) is 5.75 Å². The number of halogens is 2. The van der Waals surface area contributed by atoms with Crippen molar-refractivity contribution in [3.63, 3.8) is 0 Å². The molecule has 28 heavy (non-hydrogen) atoms. The predicted octanol–water partition coefficient (Wildman–Crippen LogP) is 3.63. The van der Waals surface area contributed by atoms with E-state index in [1.165, 1.54) is 5.69 Å². The summed E-state index contributed by atoms with van der Waals surface area (Å²) < 4.78 is 27.1. The second-order valence-corrected chi connectivity index (χ2v) is 9.55. The largest absolute Gasteiger partial charge is 0.369 e. The van der Waals surface area contributed by atoms with Gasteiger partial charge in [0.1, 0.15) is 0 Å². The summed E-state index contributed by atoms with van der Waals surface area (Å²) in [6, 6.07) is 14.9. The van der Waals surface area contributed by atoms with Crippen LogP contribution in [0.2, 0.25) is 10.0 Å². The third-order valence-corrected chi connectivity index (χ3v) is 6.80. The molecule has 1 fully saturated rings. The molecule has 5 nitrogen and oxygen atoms in total. The molecule has 1 saturated heterocycles. The van der Waals surface area contributed by atoms with Crippen LogP contribution in [0.25, 0.3) is 0 Å². The molecule has 0 aliphatic carbocycles. The molecule has 0 aromatic heterocycles. The molecule has 2 aromatic carbocycles. The Hall–Kier alpha value is -1.31. The van der Waals surface area contributed by atoms with E-state index in [4.69, 9.17) is 23.2 Å². The van der Waals surface area contributed by atoms with Crippen LogP contribution in [-0.4, -0.2) is 52.6 Å². The van der Waals surface area contributed by atoms with Crippen LogP contribution in [0.3, 0.4) is 0 Å². The van der Waals surface area contributed by atoms with Gasteiger partial charge in [-0.05, 0) is 48.9 Å². The number of piperazine rings is 1. The number of hydrogen-bond acceptors (Lipinski definition) is 4. The summed E-state index contributed by atoms with van der Waals surface area (Å²) in [5.41, 5.74) is 1.81. The Morgan fingerprint density at radius 3 is 2.29 bits per heavy atom. The fourth-order valence-electron chi connectivity index (χ4n) is 3.28. The lowest BCUT2D eigenvalue weighted by Gasteiger charge is -2.36. The van der Waals surface area contributed by atoms with Crippen LogP contribution in [0.1, 0.15) is 12.0 Å². The average molecular weight is 442 g/mol. The molecular weight excluding hydrogens is 417 g/mol. The maximum absolute atomic E-state index is 12.2. The van der Waals surface area contributed by atoms with Gasteiger partial charge < -0.3 is 4.90 Å². The minimum Gasteiger partial charge on any atom is -0.369 e. The van der Waals surface area contributed by atoms with E-state index < -0.39 is 10.0 Å². The van der Waals surface area contributed by atoms with Crippen LogP contribution in [-0.2, 0) is 15.8 Å². The first-order valence-corrected chi connectivity index (χ1v) is 11.8. The van der Waals surface area contributed by atoms with Crippen molar-refractivity contribution in [2.24, 2.45) is 0 Å². The zero-order valence-electron chi connectivity index (χ0n) is 15.7. The number of nitrogens with zero attached hydrogens (tertiary/aromatic N) is 2. The molecule has 0 amide bonds. The van der Waals surface area contributed by atoms with E-state index in [1.54, 1.807) is 24.3 Å². The molecule has 2 aromatic rings. The van der Waals surface area contributed by atoms with Crippen molar-refractivity contribution in [3.8, 4) is 0 Å². The first-order chi connectivity index (χ1) is 13.4. The fraction of sp³-hybridized carbons (Fsp3) is 0.400. The number of anilines is 1. The van der Waals surface area contributed by atoms with Crippen LogP contribution in [0.5, 0.6) is 0 Å². The zero-order chi connectivity index (χ0) is 20.0. The normalized spacial score (nSPS) is 15.7. The summed E-state index contributed by atoms with van der Waals surface area (Å²) in [4.78, 5) is 4.72. The van der Waals surface area contributed by atoms with Crippen LogP contribution in [0.4, 0.5) is 5.69 Å². The van der Waals surface area contributed by atoms with Crippen molar-refractivity contribution in [2.75, 3.05) is 44.2 Å². The maximum atomic E-state index is 12.2. The lowest BCUT2D eigenvalue weighted by Crippen LogP contribution is -2.47. The van der Waals surface area contributed by atoms with Gasteiger partial charge in [0.2, 0.25) is 10.0 Å². The SMILES string of the molecule is O=S(=O)(Cc1ccccc1Cl)NCCCN1CCN(c2ccc(Cl)cc2)CC1.